The van der Waals surface area contributed by atoms with Gasteiger partial charge in [-0.3, -0.25) is 4.90 Å². The topological polar surface area (TPSA) is 24.5 Å². The largest absolute Gasteiger partial charge is 0.380 e. The van der Waals surface area contributed by atoms with Crippen molar-refractivity contribution in [3.8, 4) is 0 Å². The van der Waals surface area contributed by atoms with Crippen LogP contribution in [-0.2, 0) is 4.74 Å². The summed E-state index contributed by atoms with van der Waals surface area (Å²) in [5.74, 6) is 0. The van der Waals surface area contributed by atoms with E-state index in [1.807, 2.05) is 0 Å². The van der Waals surface area contributed by atoms with Gasteiger partial charge in [0.25, 0.3) is 0 Å². The highest BCUT2D eigenvalue weighted by Crippen LogP contribution is 2.19. The molecule has 102 valence electrons. The third-order valence-corrected chi connectivity index (χ3v) is 3.95. The third-order valence-electron chi connectivity index (χ3n) is 3.95. The molecular weight excluding hydrogens is 212 g/mol. The smallest absolute Gasteiger partial charge is 0.0622 e. The van der Waals surface area contributed by atoms with E-state index in [9.17, 15) is 0 Å². The van der Waals surface area contributed by atoms with E-state index >= 15 is 0 Å². The van der Waals surface area contributed by atoms with E-state index in [1.165, 1.54) is 25.7 Å². The van der Waals surface area contributed by atoms with Gasteiger partial charge >= 0.3 is 0 Å². The lowest BCUT2D eigenvalue weighted by molar-refractivity contribution is 0.108. The molecule has 1 saturated heterocycles. The van der Waals surface area contributed by atoms with E-state index < -0.39 is 0 Å². The summed E-state index contributed by atoms with van der Waals surface area (Å²) in [4.78, 5) is 2.55. The van der Waals surface area contributed by atoms with Crippen LogP contribution >= 0.6 is 0 Å². The molecule has 0 aliphatic carbocycles. The van der Waals surface area contributed by atoms with E-state index in [0.29, 0.717) is 18.1 Å². The minimum Gasteiger partial charge on any atom is -0.380 e. The van der Waals surface area contributed by atoms with E-state index in [2.05, 4.69) is 38.0 Å². The minimum atomic E-state index is 0.623. The maximum absolute atomic E-state index is 5.51. The predicted octanol–water partition coefficient (Wildman–Crippen LogP) is 2.26. The molecule has 1 aliphatic heterocycles. The van der Waals surface area contributed by atoms with E-state index in [0.717, 1.165) is 19.8 Å². The van der Waals surface area contributed by atoms with Crippen LogP contribution < -0.4 is 5.32 Å². The van der Waals surface area contributed by atoms with Crippen LogP contribution in [-0.4, -0.2) is 49.8 Å². The summed E-state index contributed by atoms with van der Waals surface area (Å²) in [7, 11) is 2.27. The van der Waals surface area contributed by atoms with Gasteiger partial charge in [0.15, 0.2) is 0 Å². The summed E-state index contributed by atoms with van der Waals surface area (Å²) in [6, 6.07) is 1.89. The van der Waals surface area contributed by atoms with Gasteiger partial charge in [0.2, 0.25) is 0 Å². The van der Waals surface area contributed by atoms with Gasteiger partial charge in [-0.1, -0.05) is 27.2 Å². The van der Waals surface area contributed by atoms with Crippen LogP contribution in [0.3, 0.4) is 0 Å². The number of ether oxygens (including phenoxy) is 1. The molecule has 1 N–H and O–H groups in total. The Kier molecular flexibility index (Phi) is 7.09. The molecule has 1 aliphatic rings. The lowest BCUT2D eigenvalue weighted by Gasteiger charge is -2.37. The first-order chi connectivity index (χ1) is 8.24. The van der Waals surface area contributed by atoms with Crippen molar-refractivity contribution in [3.63, 3.8) is 0 Å². The van der Waals surface area contributed by atoms with Crippen molar-refractivity contribution in [1.82, 2.24) is 10.2 Å². The van der Waals surface area contributed by atoms with Crippen molar-refractivity contribution < 1.29 is 4.74 Å². The molecule has 0 bridgehead atoms. The summed E-state index contributed by atoms with van der Waals surface area (Å²) in [5.41, 5.74) is 0. The van der Waals surface area contributed by atoms with Crippen LogP contribution in [0.15, 0.2) is 0 Å². The Bertz CT molecular complexity index is 185. The highest BCUT2D eigenvalue weighted by Gasteiger charge is 2.29. The second kappa shape index (κ2) is 8.06. The normalized spacial score (nSPS) is 24.2. The van der Waals surface area contributed by atoms with Gasteiger partial charge in [-0.15, -0.1) is 0 Å². The minimum absolute atomic E-state index is 0.623. The number of hydrogen-bond acceptors (Lipinski definition) is 3. The maximum Gasteiger partial charge on any atom is 0.0622 e. The second-order valence-corrected chi connectivity index (χ2v) is 5.11. The van der Waals surface area contributed by atoms with Gasteiger partial charge in [-0.05, 0) is 32.9 Å². The zero-order chi connectivity index (χ0) is 12.7. The number of hydrogen-bond donors (Lipinski definition) is 1. The van der Waals surface area contributed by atoms with Crippen LogP contribution in [0.25, 0.3) is 0 Å². The SMILES string of the molecule is CCCC(NCC)C(CC)N(C)C1CCOC1. The molecule has 0 aromatic rings. The molecule has 3 heteroatoms. The predicted molar refractivity (Wildman–Crippen MR) is 73.4 cm³/mol. The Morgan fingerprint density at radius 2 is 2.12 bits per heavy atom. The van der Waals surface area contributed by atoms with Crippen molar-refractivity contribution in [2.24, 2.45) is 0 Å². The quantitative estimate of drug-likeness (QED) is 0.706. The zero-order valence-electron chi connectivity index (χ0n) is 12.0. The molecule has 3 nitrogen and oxygen atoms in total. The molecule has 0 aromatic heterocycles. The molecule has 0 spiro atoms. The van der Waals surface area contributed by atoms with Crippen LogP contribution in [0.4, 0.5) is 0 Å². The Morgan fingerprint density at radius 1 is 1.35 bits per heavy atom. The molecule has 3 atom stereocenters. The van der Waals surface area contributed by atoms with Crippen LogP contribution in [0, 0.1) is 0 Å². The van der Waals surface area contributed by atoms with Gasteiger partial charge in [-0.25, -0.2) is 0 Å². The number of likely N-dealkylation sites (N-methyl/N-ethyl adjacent to an activating group) is 2. The average molecular weight is 242 g/mol. The first-order valence-electron chi connectivity index (χ1n) is 7.27. The fraction of sp³-hybridized carbons (Fsp3) is 1.00. The van der Waals surface area contributed by atoms with Crippen molar-refractivity contribution in [2.75, 3.05) is 26.8 Å². The van der Waals surface area contributed by atoms with Crippen molar-refractivity contribution in [1.29, 1.82) is 0 Å². The molecule has 1 fully saturated rings. The summed E-state index contributed by atoms with van der Waals surface area (Å²) in [5, 5.41) is 3.66. The summed E-state index contributed by atoms with van der Waals surface area (Å²) >= 11 is 0. The molecule has 0 radical (unpaired) electrons. The van der Waals surface area contributed by atoms with Crippen molar-refractivity contribution in [2.45, 2.75) is 64.6 Å². The zero-order valence-corrected chi connectivity index (χ0v) is 12.0. The van der Waals surface area contributed by atoms with Crippen molar-refractivity contribution in [3.05, 3.63) is 0 Å². The number of rotatable bonds is 8. The van der Waals surface area contributed by atoms with Crippen molar-refractivity contribution >= 4 is 0 Å². The third kappa shape index (κ3) is 4.23. The molecule has 17 heavy (non-hydrogen) atoms. The Balaban J connectivity index is 2.58. The lowest BCUT2D eigenvalue weighted by atomic mass is 9.97. The highest BCUT2D eigenvalue weighted by atomic mass is 16.5. The standard InChI is InChI=1S/C14H30N2O/c1-5-8-13(15-7-3)14(6-2)16(4)12-9-10-17-11-12/h12-15H,5-11H2,1-4H3. The van der Waals surface area contributed by atoms with E-state index in [-0.39, 0.29) is 0 Å². The van der Waals surface area contributed by atoms with E-state index in [1.54, 1.807) is 0 Å². The van der Waals surface area contributed by atoms with E-state index in [4.69, 9.17) is 4.74 Å². The lowest BCUT2D eigenvalue weighted by Crippen LogP contribution is -2.52. The fourth-order valence-electron chi connectivity index (χ4n) is 2.97. The molecule has 0 saturated carbocycles. The Hall–Kier alpha value is -0.120. The van der Waals surface area contributed by atoms with Crippen LogP contribution in [0.5, 0.6) is 0 Å². The molecule has 0 aromatic carbocycles. The molecular formula is C14H30N2O. The number of nitrogens with zero attached hydrogens (tertiary/aromatic N) is 1. The Labute approximate surface area is 107 Å². The summed E-state index contributed by atoms with van der Waals surface area (Å²) in [6.07, 6.45) is 4.93. The summed E-state index contributed by atoms with van der Waals surface area (Å²) in [6.45, 7) is 9.69. The molecule has 3 unspecified atom stereocenters. The Morgan fingerprint density at radius 3 is 2.59 bits per heavy atom. The fourth-order valence-corrected chi connectivity index (χ4v) is 2.97. The van der Waals surface area contributed by atoms with Crippen LogP contribution in [0.1, 0.15) is 46.5 Å². The monoisotopic (exact) mass is 242 g/mol. The average Bonchev–Trinajstić information content (AvgIpc) is 2.84. The molecule has 0 amide bonds. The van der Waals surface area contributed by atoms with Gasteiger partial charge in [0, 0.05) is 24.7 Å². The van der Waals surface area contributed by atoms with Gasteiger partial charge < -0.3 is 10.1 Å². The first kappa shape index (κ1) is 14.9. The first-order valence-corrected chi connectivity index (χ1v) is 7.27. The highest BCUT2D eigenvalue weighted by molar-refractivity contribution is 4.86. The molecule has 1 heterocycles. The second-order valence-electron chi connectivity index (χ2n) is 5.11. The van der Waals surface area contributed by atoms with Gasteiger partial charge in [0.05, 0.1) is 6.61 Å². The maximum atomic E-state index is 5.51. The van der Waals surface area contributed by atoms with Gasteiger partial charge in [0.1, 0.15) is 0 Å². The van der Waals surface area contributed by atoms with Crippen LogP contribution in [0.2, 0.25) is 0 Å². The van der Waals surface area contributed by atoms with Gasteiger partial charge in [-0.2, -0.15) is 0 Å². The molecule has 1 rings (SSSR count). The summed E-state index contributed by atoms with van der Waals surface area (Å²) < 4.78 is 5.51. The number of nitrogens with one attached hydrogen (secondary N) is 1.